The fourth-order valence-electron chi connectivity index (χ4n) is 2.25. The predicted octanol–water partition coefficient (Wildman–Crippen LogP) is 3.25. The molecule has 3 nitrogen and oxygen atoms in total. The zero-order valence-corrected chi connectivity index (χ0v) is 13.5. The Bertz CT molecular complexity index is 544. The number of benzene rings is 1. The van der Waals surface area contributed by atoms with E-state index < -0.39 is 0 Å². The van der Waals surface area contributed by atoms with Crippen LogP contribution < -0.4 is 5.73 Å². The summed E-state index contributed by atoms with van der Waals surface area (Å²) < 4.78 is 0.981. The van der Waals surface area contributed by atoms with E-state index in [9.17, 15) is 4.79 Å². The van der Waals surface area contributed by atoms with Crippen molar-refractivity contribution < 1.29 is 4.79 Å². The Hall–Kier alpha value is -0.810. The molecule has 0 aliphatic carbocycles. The molecule has 2 rings (SSSR count). The van der Waals surface area contributed by atoms with Crippen molar-refractivity contribution in [1.29, 1.82) is 0 Å². The Morgan fingerprint density at radius 2 is 2.26 bits per heavy atom. The average Bonchev–Trinajstić information content (AvgIpc) is 2.26. The van der Waals surface area contributed by atoms with E-state index in [1.807, 2.05) is 6.07 Å². The lowest BCUT2D eigenvalue weighted by Crippen LogP contribution is -2.28. The molecule has 0 bridgehead atoms. The van der Waals surface area contributed by atoms with Gasteiger partial charge in [-0.15, -0.1) is 0 Å². The second-order valence-corrected chi connectivity index (χ2v) is 7.08. The zero-order chi connectivity index (χ0) is 14.0. The van der Waals surface area contributed by atoms with Gasteiger partial charge in [-0.2, -0.15) is 0 Å². The molecule has 0 aromatic heterocycles. The number of amidine groups is 1. The first-order valence-corrected chi connectivity index (χ1v) is 7.94. The molecule has 0 radical (unpaired) electrons. The molecule has 0 amide bonds. The summed E-state index contributed by atoms with van der Waals surface area (Å²) in [4.78, 5) is 15.9. The molecular weight excluding hydrogens is 324 g/mol. The number of hydrogen-bond donors (Lipinski definition) is 1. The minimum atomic E-state index is -0.287. The Labute approximate surface area is 126 Å². The van der Waals surface area contributed by atoms with Crippen LogP contribution in [0.3, 0.4) is 0 Å². The van der Waals surface area contributed by atoms with Crippen LogP contribution in [-0.4, -0.2) is 16.7 Å². The predicted molar refractivity (Wildman–Crippen MR) is 84.6 cm³/mol. The summed E-state index contributed by atoms with van der Waals surface area (Å²) in [5, 5.41) is 0.641. The van der Waals surface area contributed by atoms with Crippen LogP contribution in [0.15, 0.2) is 27.7 Å². The van der Waals surface area contributed by atoms with Crippen LogP contribution in [0.2, 0.25) is 0 Å². The smallest absolute Gasteiger partial charge is 0.154 e. The lowest BCUT2D eigenvalue weighted by Gasteiger charge is -2.30. The molecule has 19 heavy (non-hydrogen) atoms. The lowest BCUT2D eigenvalue weighted by molar-refractivity contribution is -0.116. The maximum absolute atomic E-state index is 11.3. The minimum Gasteiger partial charge on any atom is -0.379 e. The van der Waals surface area contributed by atoms with Gasteiger partial charge in [0.1, 0.15) is 5.78 Å². The van der Waals surface area contributed by atoms with Crippen molar-refractivity contribution in [2.24, 2.45) is 10.7 Å². The minimum absolute atomic E-state index is 0.163. The SMILES string of the molecule is CC(=O)Cc1cc(Br)cc(C2(C)CCSC(N)=N2)c1. The molecule has 5 heteroatoms. The third kappa shape index (κ3) is 3.60. The van der Waals surface area contributed by atoms with Crippen LogP contribution in [0, 0.1) is 0 Å². The number of nitrogens with zero attached hydrogens (tertiary/aromatic N) is 1. The first-order valence-electron chi connectivity index (χ1n) is 6.16. The molecule has 0 saturated heterocycles. The van der Waals surface area contributed by atoms with Crippen molar-refractivity contribution in [3.63, 3.8) is 0 Å². The van der Waals surface area contributed by atoms with Crippen LogP contribution in [0.4, 0.5) is 0 Å². The topological polar surface area (TPSA) is 55.5 Å². The summed E-state index contributed by atoms with van der Waals surface area (Å²) >= 11 is 5.11. The van der Waals surface area contributed by atoms with Gasteiger partial charge < -0.3 is 5.73 Å². The van der Waals surface area contributed by atoms with E-state index in [0.717, 1.165) is 27.8 Å². The van der Waals surface area contributed by atoms with Gasteiger partial charge in [0, 0.05) is 16.6 Å². The van der Waals surface area contributed by atoms with Crippen molar-refractivity contribution in [1.82, 2.24) is 0 Å². The molecule has 1 aliphatic rings. The number of thioether (sulfide) groups is 1. The highest BCUT2D eigenvalue weighted by atomic mass is 79.9. The molecule has 1 heterocycles. The first kappa shape index (κ1) is 14.6. The van der Waals surface area contributed by atoms with Gasteiger partial charge in [0.25, 0.3) is 0 Å². The van der Waals surface area contributed by atoms with E-state index in [4.69, 9.17) is 5.73 Å². The number of Topliss-reactive ketones (excluding diaryl/α,β-unsaturated/α-hetero) is 1. The molecule has 0 spiro atoms. The van der Waals surface area contributed by atoms with E-state index in [-0.39, 0.29) is 11.3 Å². The molecule has 1 unspecified atom stereocenters. The van der Waals surface area contributed by atoms with Gasteiger partial charge >= 0.3 is 0 Å². The summed E-state index contributed by atoms with van der Waals surface area (Å²) in [6.45, 7) is 3.70. The summed E-state index contributed by atoms with van der Waals surface area (Å²) in [6, 6.07) is 6.12. The van der Waals surface area contributed by atoms with Gasteiger partial charge in [0.2, 0.25) is 0 Å². The molecule has 2 N–H and O–H groups in total. The Morgan fingerprint density at radius 3 is 2.89 bits per heavy atom. The maximum Gasteiger partial charge on any atom is 0.154 e. The average molecular weight is 341 g/mol. The number of rotatable bonds is 3. The van der Waals surface area contributed by atoms with Crippen molar-refractivity contribution in [3.05, 3.63) is 33.8 Å². The van der Waals surface area contributed by atoms with Crippen LogP contribution in [0.5, 0.6) is 0 Å². The van der Waals surface area contributed by atoms with Crippen LogP contribution >= 0.6 is 27.7 Å². The fourth-order valence-corrected chi connectivity index (χ4v) is 3.76. The summed E-state index contributed by atoms with van der Waals surface area (Å²) in [7, 11) is 0. The Kier molecular flexibility index (Phi) is 4.36. The van der Waals surface area contributed by atoms with Gasteiger partial charge in [-0.05, 0) is 43.5 Å². The number of aliphatic imine (C=N–C) groups is 1. The zero-order valence-electron chi connectivity index (χ0n) is 11.1. The van der Waals surface area contributed by atoms with E-state index in [1.165, 1.54) is 0 Å². The van der Waals surface area contributed by atoms with E-state index >= 15 is 0 Å². The molecule has 102 valence electrons. The quantitative estimate of drug-likeness (QED) is 0.918. The number of ketones is 1. The number of halogens is 1. The largest absolute Gasteiger partial charge is 0.379 e. The van der Waals surface area contributed by atoms with Gasteiger partial charge in [-0.3, -0.25) is 9.79 Å². The van der Waals surface area contributed by atoms with Crippen molar-refractivity contribution in [3.8, 4) is 0 Å². The molecule has 1 aliphatic heterocycles. The van der Waals surface area contributed by atoms with Gasteiger partial charge in [0.05, 0.1) is 5.54 Å². The second-order valence-electron chi connectivity index (χ2n) is 5.05. The van der Waals surface area contributed by atoms with Crippen LogP contribution in [0.25, 0.3) is 0 Å². The normalized spacial score (nSPS) is 23.0. The van der Waals surface area contributed by atoms with Gasteiger partial charge in [0.15, 0.2) is 5.17 Å². The van der Waals surface area contributed by atoms with Crippen molar-refractivity contribution in [2.75, 3.05) is 5.75 Å². The Balaban J connectivity index is 2.41. The molecular formula is C14H17BrN2OS. The second kappa shape index (κ2) is 5.67. The van der Waals surface area contributed by atoms with E-state index in [1.54, 1.807) is 18.7 Å². The van der Waals surface area contributed by atoms with Gasteiger partial charge in [-0.1, -0.05) is 33.8 Å². The fraction of sp³-hybridized carbons (Fsp3) is 0.429. The highest BCUT2D eigenvalue weighted by Crippen LogP contribution is 2.36. The van der Waals surface area contributed by atoms with E-state index in [0.29, 0.717) is 11.6 Å². The third-order valence-electron chi connectivity index (χ3n) is 3.23. The van der Waals surface area contributed by atoms with E-state index in [2.05, 4.69) is 40.0 Å². The molecule has 1 atom stereocenters. The standard InChI is InChI=1S/C14H17BrN2OS/c1-9(18)5-10-6-11(8-12(15)7-10)14(2)3-4-19-13(16)17-14/h6-8H,3-5H2,1-2H3,(H2,16,17). The lowest BCUT2D eigenvalue weighted by atomic mass is 9.88. The highest BCUT2D eigenvalue weighted by molar-refractivity contribution is 9.10. The van der Waals surface area contributed by atoms with Crippen molar-refractivity contribution >= 4 is 38.6 Å². The summed E-state index contributed by atoms with van der Waals surface area (Å²) in [6.07, 6.45) is 1.41. The number of carbonyl (C=O) groups excluding carboxylic acids is 1. The molecule has 1 aromatic rings. The number of hydrogen-bond acceptors (Lipinski definition) is 4. The number of nitrogens with two attached hydrogens (primary N) is 1. The molecule has 0 saturated carbocycles. The van der Waals surface area contributed by atoms with Gasteiger partial charge in [-0.25, -0.2) is 0 Å². The molecule has 1 aromatic carbocycles. The Morgan fingerprint density at radius 1 is 1.53 bits per heavy atom. The summed E-state index contributed by atoms with van der Waals surface area (Å²) in [5.74, 6) is 1.14. The van der Waals surface area contributed by atoms with Crippen molar-refractivity contribution in [2.45, 2.75) is 32.2 Å². The monoisotopic (exact) mass is 340 g/mol. The number of carbonyl (C=O) groups is 1. The van der Waals surface area contributed by atoms with Crippen LogP contribution in [0.1, 0.15) is 31.4 Å². The van der Waals surface area contributed by atoms with Crippen LogP contribution in [-0.2, 0) is 16.8 Å². The summed E-state index contributed by atoms with van der Waals surface area (Å²) in [5.41, 5.74) is 7.70. The highest BCUT2D eigenvalue weighted by Gasteiger charge is 2.29. The first-order chi connectivity index (χ1) is 8.89. The molecule has 0 fully saturated rings. The third-order valence-corrected chi connectivity index (χ3v) is 4.48. The maximum atomic E-state index is 11.3.